The van der Waals surface area contributed by atoms with Gasteiger partial charge in [-0.3, -0.25) is 4.79 Å². The lowest BCUT2D eigenvalue weighted by molar-refractivity contribution is -0.116. The maximum atomic E-state index is 12.6. The van der Waals surface area contributed by atoms with Crippen molar-refractivity contribution in [3.05, 3.63) is 53.6 Å². The highest BCUT2D eigenvalue weighted by Gasteiger charge is 2.34. The van der Waals surface area contributed by atoms with E-state index in [0.29, 0.717) is 35.1 Å². The van der Waals surface area contributed by atoms with Crippen LogP contribution in [0.2, 0.25) is 0 Å². The Kier molecular flexibility index (Phi) is 5.43. The van der Waals surface area contributed by atoms with Crippen LogP contribution in [0, 0.1) is 17.2 Å². The van der Waals surface area contributed by atoms with E-state index in [1.54, 1.807) is 32.4 Å². The van der Waals surface area contributed by atoms with Crippen molar-refractivity contribution in [2.45, 2.75) is 25.2 Å². The molecule has 134 valence electrons. The van der Waals surface area contributed by atoms with Gasteiger partial charge in [0.25, 0.3) is 0 Å². The van der Waals surface area contributed by atoms with E-state index >= 15 is 0 Å². The number of rotatable bonds is 7. The second-order valence-corrected chi connectivity index (χ2v) is 6.47. The Labute approximate surface area is 153 Å². The average molecular weight is 350 g/mol. The molecular weight excluding hydrogens is 328 g/mol. The summed E-state index contributed by atoms with van der Waals surface area (Å²) in [4.78, 5) is 12.6. The monoisotopic (exact) mass is 350 g/mol. The van der Waals surface area contributed by atoms with Crippen LogP contribution in [-0.2, 0) is 4.79 Å². The van der Waals surface area contributed by atoms with Gasteiger partial charge >= 0.3 is 0 Å². The second kappa shape index (κ2) is 7.92. The molecule has 1 saturated carbocycles. The standard InChI is InChI=1S/C21H22N2O3/c1-25-19-10-9-15(11-20(19)26-2)17(14-7-8-14)12-21(24)23-18-6-4-3-5-16(18)13-22/h3-6,9-11,14,17H,7-8,12H2,1-2H3,(H,23,24). The minimum atomic E-state index is -0.0839. The SMILES string of the molecule is COc1ccc(C(CC(=O)Nc2ccccc2C#N)C2CC2)cc1OC. The molecule has 3 rings (SSSR count). The number of nitrogens with one attached hydrogen (secondary N) is 1. The molecule has 2 aromatic carbocycles. The van der Waals surface area contributed by atoms with Crippen LogP contribution in [0.5, 0.6) is 11.5 Å². The predicted octanol–water partition coefficient (Wildman–Crippen LogP) is 4.10. The number of methoxy groups -OCH3 is 2. The first-order valence-electron chi connectivity index (χ1n) is 8.67. The molecule has 5 nitrogen and oxygen atoms in total. The van der Waals surface area contributed by atoms with Crippen LogP contribution >= 0.6 is 0 Å². The van der Waals surface area contributed by atoms with Gasteiger partial charge in [0.1, 0.15) is 6.07 Å². The Hall–Kier alpha value is -3.00. The maximum absolute atomic E-state index is 12.6. The van der Waals surface area contributed by atoms with Crippen molar-refractivity contribution < 1.29 is 14.3 Å². The summed E-state index contributed by atoms with van der Waals surface area (Å²) in [5.41, 5.74) is 2.10. The summed E-state index contributed by atoms with van der Waals surface area (Å²) in [6, 6.07) is 15.0. The van der Waals surface area contributed by atoms with Crippen LogP contribution in [0.3, 0.4) is 0 Å². The van der Waals surface area contributed by atoms with Crippen LogP contribution in [0.1, 0.15) is 36.3 Å². The highest BCUT2D eigenvalue weighted by atomic mass is 16.5. The molecule has 0 aromatic heterocycles. The molecule has 0 aliphatic heterocycles. The first-order chi connectivity index (χ1) is 12.7. The first-order valence-corrected chi connectivity index (χ1v) is 8.67. The summed E-state index contributed by atoms with van der Waals surface area (Å²) in [5.74, 6) is 1.90. The van der Waals surface area contributed by atoms with Crippen molar-refractivity contribution in [1.82, 2.24) is 0 Å². The topological polar surface area (TPSA) is 71.3 Å². The van der Waals surface area contributed by atoms with E-state index in [9.17, 15) is 4.79 Å². The van der Waals surface area contributed by atoms with E-state index in [0.717, 1.165) is 18.4 Å². The third-order valence-electron chi connectivity index (χ3n) is 4.75. The third-order valence-corrected chi connectivity index (χ3v) is 4.75. The predicted molar refractivity (Wildman–Crippen MR) is 99.4 cm³/mol. The summed E-state index contributed by atoms with van der Waals surface area (Å²) in [7, 11) is 3.22. The third kappa shape index (κ3) is 3.97. The van der Waals surface area contributed by atoms with Gasteiger partial charge < -0.3 is 14.8 Å². The lowest BCUT2D eigenvalue weighted by atomic mass is 9.90. The first kappa shape index (κ1) is 17.8. The van der Waals surface area contributed by atoms with Crippen LogP contribution in [0.25, 0.3) is 0 Å². The van der Waals surface area contributed by atoms with Gasteiger partial charge in [0.05, 0.1) is 25.5 Å². The second-order valence-electron chi connectivity index (χ2n) is 6.47. The number of amides is 1. The fourth-order valence-corrected chi connectivity index (χ4v) is 3.23. The molecule has 0 saturated heterocycles. The fraction of sp³-hybridized carbons (Fsp3) is 0.333. The summed E-state index contributed by atoms with van der Waals surface area (Å²) in [6.45, 7) is 0. The number of carbonyl (C=O) groups excluding carboxylic acids is 1. The van der Waals surface area contributed by atoms with E-state index in [1.165, 1.54) is 0 Å². The zero-order valence-electron chi connectivity index (χ0n) is 15.0. The normalized spacial score (nSPS) is 14.2. The zero-order valence-corrected chi connectivity index (χ0v) is 15.0. The van der Waals surface area contributed by atoms with Gasteiger partial charge in [-0.05, 0) is 54.5 Å². The molecule has 0 heterocycles. The minimum absolute atomic E-state index is 0.0839. The summed E-state index contributed by atoms with van der Waals surface area (Å²) in [5, 5.41) is 12.0. The van der Waals surface area contributed by atoms with Crippen LogP contribution in [0.15, 0.2) is 42.5 Å². The van der Waals surface area contributed by atoms with E-state index in [4.69, 9.17) is 14.7 Å². The van der Waals surface area contributed by atoms with E-state index in [-0.39, 0.29) is 11.8 Å². The average Bonchev–Trinajstić information content (AvgIpc) is 3.51. The summed E-state index contributed by atoms with van der Waals surface area (Å²) < 4.78 is 10.7. The molecule has 1 amide bonds. The molecular formula is C21H22N2O3. The maximum Gasteiger partial charge on any atom is 0.225 e. The van der Waals surface area contributed by atoms with Gasteiger partial charge in [-0.2, -0.15) is 5.26 Å². The molecule has 5 heteroatoms. The van der Waals surface area contributed by atoms with Crippen LogP contribution in [0.4, 0.5) is 5.69 Å². The van der Waals surface area contributed by atoms with E-state index < -0.39 is 0 Å². The molecule has 1 aliphatic carbocycles. The quantitative estimate of drug-likeness (QED) is 0.816. The number of para-hydroxylation sites is 1. The van der Waals surface area contributed by atoms with Crippen LogP contribution < -0.4 is 14.8 Å². The minimum Gasteiger partial charge on any atom is -0.493 e. The van der Waals surface area contributed by atoms with Gasteiger partial charge in [0.2, 0.25) is 5.91 Å². The van der Waals surface area contributed by atoms with Crippen molar-refractivity contribution >= 4 is 11.6 Å². The summed E-state index contributed by atoms with van der Waals surface area (Å²) in [6.07, 6.45) is 2.63. The fourth-order valence-electron chi connectivity index (χ4n) is 3.23. The molecule has 2 aromatic rings. The lowest BCUT2D eigenvalue weighted by Crippen LogP contribution is -2.17. The molecule has 1 N–H and O–H groups in total. The molecule has 1 unspecified atom stereocenters. The Morgan fingerprint density at radius 2 is 1.92 bits per heavy atom. The highest BCUT2D eigenvalue weighted by Crippen LogP contribution is 2.46. The number of benzene rings is 2. The van der Waals surface area contributed by atoms with Gasteiger partial charge in [-0.1, -0.05) is 18.2 Å². The highest BCUT2D eigenvalue weighted by molar-refractivity contribution is 5.92. The lowest BCUT2D eigenvalue weighted by Gasteiger charge is -2.18. The Balaban J connectivity index is 1.77. The van der Waals surface area contributed by atoms with Crippen molar-refractivity contribution in [3.8, 4) is 17.6 Å². The molecule has 26 heavy (non-hydrogen) atoms. The number of hydrogen-bond donors (Lipinski definition) is 1. The summed E-state index contributed by atoms with van der Waals surface area (Å²) >= 11 is 0. The van der Waals surface area contributed by atoms with Gasteiger partial charge in [-0.25, -0.2) is 0 Å². The molecule has 0 radical (unpaired) electrons. The Bertz CT molecular complexity index is 837. The number of nitrogens with zero attached hydrogens (tertiary/aromatic N) is 1. The Morgan fingerprint density at radius 1 is 1.19 bits per heavy atom. The van der Waals surface area contributed by atoms with Crippen molar-refractivity contribution in [2.75, 3.05) is 19.5 Å². The van der Waals surface area contributed by atoms with Crippen molar-refractivity contribution in [3.63, 3.8) is 0 Å². The van der Waals surface area contributed by atoms with Gasteiger partial charge in [0, 0.05) is 6.42 Å². The van der Waals surface area contributed by atoms with Crippen molar-refractivity contribution in [2.24, 2.45) is 5.92 Å². The molecule has 0 spiro atoms. The smallest absolute Gasteiger partial charge is 0.225 e. The van der Waals surface area contributed by atoms with Crippen molar-refractivity contribution in [1.29, 1.82) is 5.26 Å². The van der Waals surface area contributed by atoms with Gasteiger partial charge in [0.15, 0.2) is 11.5 Å². The number of ether oxygens (including phenoxy) is 2. The zero-order chi connectivity index (χ0) is 18.5. The molecule has 1 fully saturated rings. The van der Waals surface area contributed by atoms with E-state index in [1.807, 2.05) is 24.3 Å². The number of nitriles is 1. The van der Waals surface area contributed by atoms with Crippen LogP contribution in [-0.4, -0.2) is 20.1 Å². The number of carbonyl (C=O) groups is 1. The Morgan fingerprint density at radius 3 is 2.58 bits per heavy atom. The number of anilines is 1. The van der Waals surface area contributed by atoms with Gasteiger partial charge in [-0.15, -0.1) is 0 Å². The van der Waals surface area contributed by atoms with E-state index in [2.05, 4.69) is 11.4 Å². The molecule has 0 bridgehead atoms. The molecule has 1 aliphatic rings. The largest absolute Gasteiger partial charge is 0.493 e. The number of hydrogen-bond acceptors (Lipinski definition) is 4. The molecule has 1 atom stereocenters.